The lowest BCUT2D eigenvalue weighted by atomic mass is 10.1. The summed E-state index contributed by atoms with van der Waals surface area (Å²) >= 11 is 0. The minimum atomic E-state index is -0.311. The first-order valence-electron chi connectivity index (χ1n) is 9.40. The van der Waals surface area contributed by atoms with Crippen molar-refractivity contribution in [3.63, 3.8) is 0 Å². The van der Waals surface area contributed by atoms with Gasteiger partial charge in [-0.25, -0.2) is 9.37 Å². The third-order valence-corrected chi connectivity index (χ3v) is 4.57. The largest absolute Gasteiger partial charge is 0.497 e. The maximum atomic E-state index is 13.3. The Hall–Kier alpha value is -3.94. The molecule has 0 aliphatic heterocycles. The van der Waals surface area contributed by atoms with Crippen LogP contribution in [0.3, 0.4) is 0 Å². The summed E-state index contributed by atoms with van der Waals surface area (Å²) in [6, 6.07) is 13.3. The number of ether oxygens (including phenoxy) is 1. The van der Waals surface area contributed by atoms with E-state index in [4.69, 9.17) is 4.74 Å². The number of rotatable bonds is 7. The molecule has 0 unspecified atom stereocenters. The van der Waals surface area contributed by atoms with Gasteiger partial charge in [0.15, 0.2) is 5.65 Å². The van der Waals surface area contributed by atoms with Crippen LogP contribution in [0.25, 0.3) is 16.9 Å². The molecule has 2 N–H and O–H groups in total. The second-order valence-corrected chi connectivity index (χ2v) is 6.57. The van der Waals surface area contributed by atoms with Gasteiger partial charge in [0.25, 0.3) is 0 Å². The number of benzene rings is 2. The number of anilines is 2. The molecule has 30 heavy (non-hydrogen) atoms. The van der Waals surface area contributed by atoms with Crippen molar-refractivity contribution < 1.29 is 13.9 Å². The Kier molecular flexibility index (Phi) is 5.56. The van der Waals surface area contributed by atoms with Crippen LogP contribution in [0.15, 0.2) is 67.1 Å². The molecule has 4 aromatic rings. The molecule has 8 heteroatoms. The maximum Gasteiger partial charge on any atom is 0.226 e. The molecule has 1 amide bonds. The Balaban J connectivity index is 1.47. The fourth-order valence-electron chi connectivity index (χ4n) is 3.08. The van der Waals surface area contributed by atoms with E-state index < -0.39 is 0 Å². The molecule has 0 saturated heterocycles. The van der Waals surface area contributed by atoms with Crippen LogP contribution in [0.5, 0.6) is 5.75 Å². The standard InChI is InChI=1S/C22H20FN5O2/c1-30-18-8-6-17(7-9-18)26-20(29)10-11-25-22-21(15-2-4-16(23)5-3-15)27-19-14-24-12-13-28(19)22/h2-9,12-14,25H,10-11H2,1H3,(H,26,29). The number of methoxy groups -OCH3 is 1. The monoisotopic (exact) mass is 405 g/mol. The zero-order chi connectivity index (χ0) is 20.9. The van der Waals surface area contributed by atoms with Crippen LogP contribution in [0.1, 0.15) is 6.42 Å². The molecule has 0 fully saturated rings. The fraction of sp³-hybridized carbons (Fsp3) is 0.136. The minimum absolute atomic E-state index is 0.119. The molecule has 152 valence electrons. The molecule has 0 aliphatic carbocycles. The minimum Gasteiger partial charge on any atom is -0.497 e. The number of hydrogen-bond acceptors (Lipinski definition) is 5. The van der Waals surface area contributed by atoms with E-state index in [9.17, 15) is 9.18 Å². The third-order valence-electron chi connectivity index (χ3n) is 4.57. The van der Waals surface area contributed by atoms with Gasteiger partial charge in [0.1, 0.15) is 23.1 Å². The van der Waals surface area contributed by atoms with Gasteiger partial charge in [-0.05, 0) is 48.5 Å². The molecule has 0 spiro atoms. The van der Waals surface area contributed by atoms with Crippen molar-refractivity contribution in [1.29, 1.82) is 0 Å². The highest BCUT2D eigenvalue weighted by atomic mass is 19.1. The molecule has 2 aromatic carbocycles. The van der Waals surface area contributed by atoms with Gasteiger partial charge in [0.2, 0.25) is 5.91 Å². The van der Waals surface area contributed by atoms with Crippen molar-refractivity contribution in [2.45, 2.75) is 6.42 Å². The van der Waals surface area contributed by atoms with E-state index in [1.54, 1.807) is 62.1 Å². The Morgan fingerprint density at radius 1 is 1.13 bits per heavy atom. The predicted molar refractivity (Wildman–Crippen MR) is 113 cm³/mol. The number of carbonyl (C=O) groups excluding carboxylic acids is 1. The second kappa shape index (κ2) is 8.60. The molecule has 7 nitrogen and oxygen atoms in total. The van der Waals surface area contributed by atoms with Gasteiger partial charge in [-0.2, -0.15) is 0 Å². The number of hydrogen-bond donors (Lipinski definition) is 2. The molecule has 0 aliphatic rings. The van der Waals surface area contributed by atoms with Crippen molar-refractivity contribution in [3.05, 3.63) is 72.9 Å². The number of amides is 1. The molecular weight excluding hydrogens is 385 g/mol. The highest BCUT2D eigenvalue weighted by molar-refractivity contribution is 5.91. The lowest BCUT2D eigenvalue weighted by Crippen LogP contribution is -2.17. The lowest BCUT2D eigenvalue weighted by Gasteiger charge is -2.10. The summed E-state index contributed by atoms with van der Waals surface area (Å²) < 4.78 is 20.3. The van der Waals surface area contributed by atoms with Gasteiger partial charge in [0, 0.05) is 36.6 Å². The van der Waals surface area contributed by atoms with E-state index in [1.165, 1.54) is 12.1 Å². The summed E-state index contributed by atoms with van der Waals surface area (Å²) in [5, 5.41) is 6.14. The van der Waals surface area contributed by atoms with E-state index in [-0.39, 0.29) is 18.1 Å². The molecule has 2 aromatic heterocycles. The lowest BCUT2D eigenvalue weighted by molar-refractivity contribution is -0.115. The van der Waals surface area contributed by atoms with E-state index in [1.807, 2.05) is 4.40 Å². The Morgan fingerprint density at radius 2 is 1.90 bits per heavy atom. The van der Waals surface area contributed by atoms with E-state index in [0.717, 1.165) is 17.1 Å². The molecule has 0 bridgehead atoms. The van der Waals surface area contributed by atoms with Gasteiger partial charge in [-0.3, -0.25) is 14.2 Å². The van der Waals surface area contributed by atoms with Gasteiger partial charge in [-0.1, -0.05) is 0 Å². The van der Waals surface area contributed by atoms with E-state index >= 15 is 0 Å². The van der Waals surface area contributed by atoms with Gasteiger partial charge in [0.05, 0.1) is 13.3 Å². The number of aromatic nitrogens is 3. The van der Waals surface area contributed by atoms with Crippen molar-refractivity contribution >= 4 is 23.1 Å². The van der Waals surface area contributed by atoms with Crippen molar-refractivity contribution in [2.24, 2.45) is 0 Å². The molecular formula is C22H20FN5O2. The quantitative estimate of drug-likeness (QED) is 0.486. The summed E-state index contributed by atoms with van der Waals surface area (Å²) in [6.07, 6.45) is 5.35. The zero-order valence-corrected chi connectivity index (χ0v) is 16.3. The second-order valence-electron chi connectivity index (χ2n) is 6.57. The van der Waals surface area contributed by atoms with Crippen LogP contribution in [0, 0.1) is 5.82 Å². The highest BCUT2D eigenvalue weighted by Gasteiger charge is 2.14. The molecule has 0 radical (unpaired) electrons. The first kappa shape index (κ1) is 19.4. The normalized spacial score (nSPS) is 10.7. The van der Waals surface area contributed by atoms with Crippen molar-refractivity contribution in [3.8, 4) is 17.0 Å². The molecule has 0 atom stereocenters. The highest BCUT2D eigenvalue weighted by Crippen LogP contribution is 2.28. The number of fused-ring (bicyclic) bond motifs is 1. The topological polar surface area (TPSA) is 80.5 Å². The van der Waals surface area contributed by atoms with Crippen LogP contribution in [0.4, 0.5) is 15.9 Å². The molecule has 0 saturated carbocycles. The van der Waals surface area contributed by atoms with Crippen LogP contribution in [0.2, 0.25) is 0 Å². The average molecular weight is 405 g/mol. The Labute approximate surface area is 172 Å². The predicted octanol–water partition coefficient (Wildman–Crippen LogP) is 3.98. The van der Waals surface area contributed by atoms with Crippen molar-refractivity contribution in [2.75, 3.05) is 24.3 Å². The maximum absolute atomic E-state index is 13.3. The van der Waals surface area contributed by atoms with Crippen LogP contribution in [-0.2, 0) is 4.79 Å². The number of halogens is 1. The fourth-order valence-corrected chi connectivity index (χ4v) is 3.08. The number of nitrogens with one attached hydrogen (secondary N) is 2. The average Bonchev–Trinajstić information content (AvgIpc) is 3.13. The first-order valence-corrected chi connectivity index (χ1v) is 9.40. The zero-order valence-electron chi connectivity index (χ0n) is 16.3. The summed E-state index contributed by atoms with van der Waals surface area (Å²) in [6.45, 7) is 0.395. The molecule has 4 rings (SSSR count). The van der Waals surface area contributed by atoms with Gasteiger partial charge in [-0.15, -0.1) is 0 Å². The van der Waals surface area contributed by atoms with Crippen LogP contribution >= 0.6 is 0 Å². The van der Waals surface area contributed by atoms with Gasteiger partial charge < -0.3 is 15.4 Å². The van der Waals surface area contributed by atoms with Crippen LogP contribution < -0.4 is 15.4 Å². The summed E-state index contributed by atoms with van der Waals surface area (Å²) in [5.41, 5.74) is 2.79. The number of nitrogens with zero attached hydrogens (tertiary/aromatic N) is 3. The smallest absolute Gasteiger partial charge is 0.226 e. The van der Waals surface area contributed by atoms with Crippen LogP contribution in [-0.4, -0.2) is 33.9 Å². The summed E-state index contributed by atoms with van der Waals surface area (Å²) in [4.78, 5) is 21.0. The third kappa shape index (κ3) is 4.22. The summed E-state index contributed by atoms with van der Waals surface area (Å²) in [5.74, 6) is 1.02. The van der Waals surface area contributed by atoms with Crippen molar-refractivity contribution in [1.82, 2.24) is 14.4 Å². The summed E-state index contributed by atoms with van der Waals surface area (Å²) in [7, 11) is 1.59. The number of carbonyl (C=O) groups is 1. The van der Waals surface area contributed by atoms with E-state index in [2.05, 4.69) is 20.6 Å². The Bertz CT molecular complexity index is 1160. The molecule has 2 heterocycles. The number of imidazole rings is 1. The Morgan fingerprint density at radius 3 is 2.63 bits per heavy atom. The first-order chi connectivity index (χ1) is 14.6. The van der Waals surface area contributed by atoms with E-state index in [0.29, 0.717) is 23.6 Å². The SMILES string of the molecule is COc1ccc(NC(=O)CCNc2c(-c3ccc(F)cc3)nc3cnccn23)cc1. The van der Waals surface area contributed by atoms with Gasteiger partial charge >= 0.3 is 0 Å².